The quantitative estimate of drug-likeness (QED) is 0.542. The summed E-state index contributed by atoms with van der Waals surface area (Å²) in [7, 11) is 0. The fraction of sp³-hybridized carbons (Fsp3) is 0.0625. The van der Waals surface area contributed by atoms with Crippen molar-refractivity contribution in [2.75, 3.05) is 0 Å². The van der Waals surface area contributed by atoms with Gasteiger partial charge < -0.3 is 9.26 Å². The Morgan fingerprint density at radius 1 is 1.18 bits per heavy atom. The molecule has 3 rings (SSSR count). The zero-order valence-electron chi connectivity index (χ0n) is 11.4. The van der Waals surface area contributed by atoms with E-state index in [2.05, 4.69) is 10.1 Å². The standard InChI is InChI=1S/C16H11ClN2O3/c17-15-8-12(6-7-18-15)16(20)21-10-13-9-14(19-22-13)11-4-2-1-3-5-11/h1-9H,10H2. The van der Waals surface area contributed by atoms with Crippen LogP contribution < -0.4 is 0 Å². The molecule has 0 saturated carbocycles. The second-order valence-corrected chi connectivity index (χ2v) is 4.88. The van der Waals surface area contributed by atoms with Crippen LogP contribution >= 0.6 is 11.6 Å². The van der Waals surface area contributed by atoms with E-state index in [9.17, 15) is 4.79 Å². The van der Waals surface area contributed by atoms with Gasteiger partial charge in [0.25, 0.3) is 0 Å². The van der Waals surface area contributed by atoms with Gasteiger partial charge in [0, 0.05) is 17.8 Å². The molecular formula is C16H11ClN2O3. The van der Waals surface area contributed by atoms with E-state index >= 15 is 0 Å². The lowest BCUT2D eigenvalue weighted by Crippen LogP contribution is -2.05. The molecule has 0 aliphatic carbocycles. The number of halogens is 1. The molecule has 2 heterocycles. The highest BCUT2D eigenvalue weighted by atomic mass is 35.5. The third-order valence-corrected chi connectivity index (χ3v) is 3.14. The van der Waals surface area contributed by atoms with Crippen LogP contribution in [0.15, 0.2) is 59.3 Å². The first-order valence-electron chi connectivity index (χ1n) is 6.52. The Bertz CT molecular complexity index is 787. The minimum atomic E-state index is -0.498. The van der Waals surface area contributed by atoms with Crippen molar-refractivity contribution in [2.45, 2.75) is 6.61 Å². The van der Waals surface area contributed by atoms with Crippen molar-refractivity contribution in [1.82, 2.24) is 10.1 Å². The molecule has 3 aromatic rings. The van der Waals surface area contributed by atoms with Crippen LogP contribution in [-0.4, -0.2) is 16.1 Å². The van der Waals surface area contributed by atoms with Crippen molar-refractivity contribution < 1.29 is 14.1 Å². The van der Waals surface area contributed by atoms with Crippen molar-refractivity contribution in [2.24, 2.45) is 0 Å². The predicted octanol–water partition coefficient (Wildman–Crippen LogP) is 3.75. The molecule has 0 aliphatic rings. The summed E-state index contributed by atoms with van der Waals surface area (Å²) < 4.78 is 10.3. The maximum atomic E-state index is 11.9. The van der Waals surface area contributed by atoms with Crippen molar-refractivity contribution >= 4 is 17.6 Å². The molecule has 110 valence electrons. The molecule has 0 saturated heterocycles. The molecule has 1 aromatic carbocycles. The van der Waals surface area contributed by atoms with Crippen LogP contribution in [0.1, 0.15) is 16.1 Å². The molecule has 6 heteroatoms. The molecule has 0 atom stereocenters. The minimum absolute atomic E-state index is 0.00138. The molecule has 0 unspecified atom stereocenters. The Morgan fingerprint density at radius 2 is 2.00 bits per heavy atom. The van der Waals surface area contributed by atoms with Crippen molar-refractivity contribution in [1.29, 1.82) is 0 Å². The van der Waals surface area contributed by atoms with Crippen LogP contribution in [0.3, 0.4) is 0 Å². The molecule has 0 fully saturated rings. The van der Waals surface area contributed by atoms with Crippen LogP contribution in [0.5, 0.6) is 0 Å². The molecule has 22 heavy (non-hydrogen) atoms. The fourth-order valence-corrected chi connectivity index (χ4v) is 2.05. The van der Waals surface area contributed by atoms with Gasteiger partial charge in [-0.05, 0) is 12.1 Å². The summed E-state index contributed by atoms with van der Waals surface area (Å²) in [5, 5.41) is 4.19. The van der Waals surface area contributed by atoms with Gasteiger partial charge in [-0.2, -0.15) is 0 Å². The van der Waals surface area contributed by atoms with Crippen molar-refractivity contribution in [3.8, 4) is 11.3 Å². The number of nitrogens with zero attached hydrogens (tertiary/aromatic N) is 2. The SMILES string of the molecule is O=C(OCc1cc(-c2ccccc2)no1)c1ccnc(Cl)c1. The highest BCUT2D eigenvalue weighted by molar-refractivity contribution is 6.29. The number of carbonyl (C=O) groups excluding carboxylic acids is 1. The number of esters is 1. The summed E-state index contributed by atoms with van der Waals surface area (Å²) in [5.41, 5.74) is 1.96. The Morgan fingerprint density at radius 3 is 2.77 bits per heavy atom. The van der Waals surface area contributed by atoms with Crippen LogP contribution in [0.25, 0.3) is 11.3 Å². The first-order chi connectivity index (χ1) is 10.7. The van der Waals surface area contributed by atoms with Crippen LogP contribution in [0.4, 0.5) is 0 Å². The summed E-state index contributed by atoms with van der Waals surface area (Å²) in [6, 6.07) is 14.3. The van der Waals surface area contributed by atoms with Crippen LogP contribution in [-0.2, 0) is 11.3 Å². The molecule has 0 radical (unpaired) electrons. The Hall–Kier alpha value is -2.66. The second kappa shape index (κ2) is 6.41. The molecule has 5 nitrogen and oxygen atoms in total. The number of hydrogen-bond acceptors (Lipinski definition) is 5. The smallest absolute Gasteiger partial charge is 0.338 e. The summed E-state index contributed by atoms with van der Waals surface area (Å²) in [6.07, 6.45) is 1.45. The normalized spacial score (nSPS) is 10.4. The lowest BCUT2D eigenvalue weighted by Gasteiger charge is -2.02. The third kappa shape index (κ3) is 3.32. The second-order valence-electron chi connectivity index (χ2n) is 4.49. The number of rotatable bonds is 4. The average Bonchev–Trinajstić information content (AvgIpc) is 3.02. The molecule has 0 spiro atoms. The largest absolute Gasteiger partial charge is 0.454 e. The van der Waals surface area contributed by atoms with E-state index in [1.807, 2.05) is 30.3 Å². The van der Waals surface area contributed by atoms with E-state index < -0.39 is 5.97 Å². The van der Waals surface area contributed by atoms with Gasteiger partial charge in [0.2, 0.25) is 0 Å². The lowest BCUT2D eigenvalue weighted by atomic mass is 10.1. The molecule has 0 amide bonds. The monoisotopic (exact) mass is 314 g/mol. The number of aromatic nitrogens is 2. The van der Waals surface area contributed by atoms with Crippen molar-refractivity contribution in [3.05, 3.63) is 71.2 Å². The summed E-state index contributed by atoms with van der Waals surface area (Å²) in [5.74, 6) is -0.0330. The number of carbonyl (C=O) groups is 1. The highest BCUT2D eigenvalue weighted by Crippen LogP contribution is 2.19. The van der Waals surface area contributed by atoms with Gasteiger partial charge in [0.1, 0.15) is 10.8 Å². The van der Waals surface area contributed by atoms with Gasteiger partial charge in [-0.3, -0.25) is 0 Å². The van der Waals surface area contributed by atoms with Gasteiger partial charge in [0.05, 0.1) is 5.56 Å². The highest BCUT2D eigenvalue weighted by Gasteiger charge is 2.11. The van der Waals surface area contributed by atoms with E-state index in [1.165, 1.54) is 18.3 Å². The maximum absolute atomic E-state index is 11.9. The lowest BCUT2D eigenvalue weighted by molar-refractivity contribution is 0.0437. The number of pyridine rings is 1. The van der Waals surface area contributed by atoms with Gasteiger partial charge in [0.15, 0.2) is 12.4 Å². The fourth-order valence-electron chi connectivity index (χ4n) is 1.88. The van der Waals surface area contributed by atoms with Crippen molar-refractivity contribution in [3.63, 3.8) is 0 Å². The molecular weight excluding hydrogens is 304 g/mol. The summed E-state index contributed by atoms with van der Waals surface area (Å²) >= 11 is 5.73. The molecule has 2 aromatic heterocycles. The zero-order chi connectivity index (χ0) is 15.4. The van der Waals surface area contributed by atoms with E-state index in [1.54, 1.807) is 6.07 Å². The topological polar surface area (TPSA) is 65.2 Å². The molecule has 0 aliphatic heterocycles. The summed E-state index contributed by atoms with van der Waals surface area (Å²) in [4.78, 5) is 15.7. The third-order valence-electron chi connectivity index (χ3n) is 2.94. The molecule has 0 N–H and O–H groups in total. The van der Waals surface area contributed by atoms with Gasteiger partial charge >= 0.3 is 5.97 Å². The average molecular weight is 315 g/mol. The van der Waals surface area contributed by atoms with Crippen LogP contribution in [0.2, 0.25) is 5.15 Å². The predicted molar refractivity (Wildman–Crippen MR) is 80.3 cm³/mol. The number of benzene rings is 1. The summed E-state index contributed by atoms with van der Waals surface area (Å²) in [6.45, 7) is -0.00138. The first kappa shape index (κ1) is 14.3. The minimum Gasteiger partial charge on any atom is -0.454 e. The van der Waals surface area contributed by atoms with Gasteiger partial charge in [-0.25, -0.2) is 9.78 Å². The molecule has 0 bridgehead atoms. The van der Waals surface area contributed by atoms with Gasteiger partial charge in [-0.15, -0.1) is 0 Å². The van der Waals surface area contributed by atoms with E-state index in [0.717, 1.165) is 5.56 Å². The van der Waals surface area contributed by atoms with Crippen LogP contribution in [0, 0.1) is 0 Å². The zero-order valence-corrected chi connectivity index (χ0v) is 12.2. The maximum Gasteiger partial charge on any atom is 0.338 e. The van der Waals surface area contributed by atoms with E-state index in [0.29, 0.717) is 17.0 Å². The van der Waals surface area contributed by atoms with E-state index in [-0.39, 0.29) is 11.8 Å². The number of hydrogen-bond donors (Lipinski definition) is 0. The first-order valence-corrected chi connectivity index (χ1v) is 6.90. The van der Waals surface area contributed by atoms with E-state index in [4.69, 9.17) is 20.9 Å². The Kier molecular flexibility index (Phi) is 4.16. The Labute approximate surface area is 131 Å². The van der Waals surface area contributed by atoms with Gasteiger partial charge in [-0.1, -0.05) is 47.1 Å². The Balaban J connectivity index is 1.65. The number of ether oxygens (including phenoxy) is 1.